The first-order valence-corrected chi connectivity index (χ1v) is 5.83. The number of β-amino-alcohol motifs (C(OH)–C–C–N with tert-alkyl or cyclic N) is 1. The molecule has 1 aliphatic carbocycles. The van der Waals surface area contributed by atoms with E-state index in [4.69, 9.17) is 0 Å². The third kappa shape index (κ3) is 2.09. The van der Waals surface area contributed by atoms with Crippen LogP contribution in [0.5, 0.6) is 0 Å². The number of nitrogens with zero attached hydrogens (tertiary/aromatic N) is 3. The van der Waals surface area contributed by atoms with Crippen molar-refractivity contribution >= 4 is 11.6 Å². The number of aliphatic hydroxyl groups excluding tert-OH is 1. The molecule has 0 bridgehead atoms. The normalized spacial score (nSPS) is 24.8. The molecule has 1 unspecified atom stereocenters. The molecule has 1 saturated carbocycles. The second kappa shape index (κ2) is 3.90. The van der Waals surface area contributed by atoms with Crippen molar-refractivity contribution in [3.8, 4) is 0 Å². The van der Waals surface area contributed by atoms with Crippen LogP contribution in [-0.4, -0.2) is 40.3 Å². The van der Waals surface area contributed by atoms with Crippen LogP contribution >= 0.6 is 0 Å². The van der Waals surface area contributed by atoms with Gasteiger partial charge in [0.25, 0.3) is 0 Å². The lowest BCUT2D eigenvalue weighted by atomic mass is 10.3. The fourth-order valence-electron chi connectivity index (χ4n) is 1.99. The molecule has 2 fully saturated rings. The van der Waals surface area contributed by atoms with E-state index in [-0.39, 0.29) is 6.10 Å². The molecule has 2 N–H and O–H groups in total. The molecule has 0 aromatic carbocycles. The third-order valence-electron chi connectivity index (χ3n) is 3.07. The Morgan fingerprint density at radius 2 is 2.19 bits per heavy atom. The van der Waals surface area contributed by atoms with E-state index in [2.05, 4.69) is 20.2 Å². The van der Waals surface area contributed by atoms with E-state index in [0.717, 1.165) is 24.6 Å². The van der Waals surface area contributed by atoms with Gasteiger partial charge in [-0.15, -0.1) is 0 Å². The second-order valence-corrected chi connectivity index (χ2v) is 4.57. The van der Waals surface area contributed by atoms with E-state index >= 15 is 0 Å². The summed E-state index contributed by atoms with van der Waals surface area (Å²) < 4.78 is 0. The van der Waals surface area contributed by atoms with Gasteiger partial charge in [-0.3, -0.25) is 0 Å². The maximum atomic E-state index is 9.48. The van der Waals surface area contributed by atoms with E-state index in [1.54, 1.807) is 6.33 Å². The van der Waals surface area contributed by atoms with Crippen molar-refractivity contribution in [2.24, 2.45) is 0 Å². The van der Waals surface area contributed by atoms with Crippen molar-refractivity contribution in [2.45, 2.75) is 31.4 Å². The number of aromatic nitrogens is 2. The SMILES string of the molecule is OC1CCN(c2cc(NC3CC3)ncn2)C1. The first-order chi connectivity index (χ1) is 7.81. The van der Waals surface area contributed by atoms with Crippen LogP contribution in [0.4, 0.5) is 11.6 Å². The molecule has 3 rings (SSSR count). The van der Waals surface area contributed by atoms with Gasteiger partial charge < -0.3 is 15.3 Å². The van der Waals surface area contributed by atoms with Gasteiger partial charge in [0.1, 0.15) is 18.0 Å². The van der Waals surface area contributed by atoms with Gasteiger partial charge in [0.2, 0.25) is 0 Å². The standard InChI is InChI=1S/C11H16N4O/c16-9-3-4-15(6-9)11-5-10(12-7-13-11)14-8-1-2-8/h5,7-9,16H,1-4,6H2,(H,12,13,14). The quantitative estimate of drug-likeness (QED) is 0.782. The highest BCUT2D eigenvalue weighted by atomic mass is 16.3. The van der Waals surface area contributed by atoms with Crippen molar-refractivity contribution in [3.05, 3.63) is 12.4 Å². The number of rotatable bonds is 3. The Morgan fingerprint density at radius 3 is 2.88 bits per heavy atom. The lowest BCUT2D eigenvalue weighted by Gasteiger charge is -2.16. The van der Waals surface area contributed by atoms with Crippen molar-refractivity contribution in [1.29, 1.82) is 0 Å². The lowest BCUT2D eigenvalue weighted by molar-refractivity contribution is 0.198. The molecule has 1 atom stereocenters. The number of anilines is 2. The van der Waals surface area contributed by atoms with Crippen LogP contribution in [0.2, 0.25) is 0 Å². The number of nitrogens with one attached hydrogen (secondary N) is 1. The summed E-state index contributed by atoms with van der Waals surface area (Å²) in [7, 11) is 0. The Balaban J connectivity index is 1.73. The van der Waals surface area contributed by atoms with Gasteiger partial charge in [-0.05, 0) is 19.3 Å². The molecule has 0 spiro atoms. The Kier molecular flexibility index (Phi) is 2.40. The second-order valence-electron chi connectivity index (χ2n) is 4.57. The van der Waals surface area contributed by atoms with Crippen LogP contribution in [-0.2, 0) is 0 Å². The summed E-state index contributed by atoms with van der Waals surface area (Å²) >= 11 is 0. The Bertz CT molecular complexity index is 380. The molecular formula is C11H16N4O. The first-order valence-electron chi connectivity index (χ1n) is 5.83. The first kappa shape index (κ1) is 9.84. The molecule has 86 valence electrons. The van der Waals surface area contributed by atoms with Crippen LogP contribution in [0.25, 0.3) is 0 Å². The molecule has 2 heterocycles. The fraction of sp³-hybridized carbons (Fsp3) is 0.636. The van der Waals surface area contributed by atoms with Crippen molar-refractivity contribution in [3.63, 3.8) is 0 Å². The lowest BCUT2D eigenvalue weighted by Crippen LogP contribution is -2.22. The van der Waals surface area contributed by atoms with Gasteiger partial charge in [0.05, 0.1) is 6.10 Å². The van der Waals surface area contributed by atoms with Crippen LogP contribution in [0.15, 0.2) is 12.4 Å². The molecule has 0 amide bonds. The van der Waals surface area contributed by atoms with Crippen molar-refractivity contribution < 1.29 is 5.11 Å². The monoisotopic (exact) mass is 220 g/mol. The Labute approximate surface area is 94.5 Å². The zero-order valence-electron chi connectivity index (χ0n) is 9.13. The predicted octanol–water partition coefficient (Wildman–Crippen LogP) is 0.622. The number of hydrogen-bond donors (Lipinski definition) is 2. The van der Waals surface area contributed by atoms with Crippen molar-refractivity contribution in [2.75, 3.05) is 23.3 Å². The molecular weight excluding hydrogens is 204 g/mol. The maximum absolute atomic E-state index is 9.48. The molecule has 5 heteroatoms. The minimum atomic E-state index is -0.213. The van der Waals surface area contributed by atoms with Crippen molar-refractivity contribution in [1.82, 2.24) is 9.97 Å². The van der Waals surface area contributed by atoms with Gasteiger partial charge in [0, 0.05) is 25.2 Å². The van der Waals surface area contributed by atoms with Gasteiger partial charge in [-0.25, -0.2) is 9.97 Å². The molecule has 0 radical (unpaired) electrons. The Hall–Kier alpha value is -1.36. The molecule has 16 heavy (non-hydrogen) atoms. The Morgan fingerprint density at radius 1 is 1.31 bits per heavy atom. The zero-order chi connectivity index (χ0) is 11.0. The maximum Gasteiger partial charge on any atom is 0.134 e. The third-order valence-corrected chi connectivity index (χ3v) is 3.07. The highest BCUT2D eigenvalue weighted by Gasteiger charge is 2.23. The van der Waals surface area contributed by atoms with E-state index < -0.39 is 0 Å². The summed E-state index contributed by atoms with van der Waals surface area (Å²) in [5.41, 5.74) is 0. The van der Waals surface area contributed by atoms with Gasteiger partial charge >= 0.3 is 0 Å². The number of hydrogen-bond acceptors (Lipinski definition) is 5. The van der Waals surface area contributed by atoms with E-state index in [1.807, 2.05) is 6.07 Å². The molecule has 1 aliphatic heterocycles. The fourth-order valence-corrected chi connectivity index (χ4v) is 1.99. The molecule has 1 saturated heterocycles. The van der Waals surface area contributed by atoms with Gasteiger partial charge in [-0.2, -0.15) is 0 Å². The summed E-state index contributed by atoms with van der Waals surface area (Å²) in [5, 5.41) is 12.8. The van der Waals surface area contributed by atoms with E-state index in [1.165, 1.54) is 12.8 Å². The summed E-state index contributed by atoms with van der Waals surface area (Å²) in [4.78, 5) is 10.5. The van der Waals surface area contributed by atoms with Crippen LogP contribution in [0.1, 0.15) is 19.3 Å². The van der Waals surface area contributed by atoms with Crippen LogP contribution in [0, 0.1) is 0 Å². The molecule has 5 nitrogen and oxygen atoms in total. The smallest absolute Gasteiger partial charge is 0.134 e. The molecule has 2 aliphatic rings. The largest absolute Gasteiger partial charge is 0.391 e. The highest BCUT2D eigenvalue weighted by molar-refractivity contribution is 5.50. The van der Waals surface area contributed by atoms with Crippen LogP contribution in [0.3, 0.4) is 0 Å². The molecule has 1 aromatic rings. The summed E-state index contributed by atoms with van der Waals surface area (Å²) in [6.07, 6.45) is 4.68. The zero-order valence-corrected chi connectivity index (χ0v) is 9.13. The topological polar surface area (TPSA) is 61.3 Å². The molecule has 1 aromatic heterocycles. The van der Waals surface area contributed by atoms with Gasteiger partial charge in [-0.1, -0.05) is 0 Å². The summed E-state index contributed by atoms with van der Waals surface area (Å²) in [6, 6.07) is 2.57. The minimum absolute atomic E-state index is 0.213. The minimum Gasteiger partial charge on any atom is -0.391 e. The average Bonchev–Trinajstić information content (AvgIpc) is 2.98. The van der Waals surface area contributed by atoms with Gasteiger partial charge in [0.15, 0.2) is 0 Å². The number of aliphatic hydroxyl groups is 1. The average molecular weight is 220 g/mol. The summed E-state index contributed by atoms with van der Waals surface area (Å²) in [5.74, 6) is 1.81. The highest BCUT2D eigenvalue weighted by Crippen LogP contribution is 2.25. The van der Waals surface area contributed by atoms with E-state index in [0.29, 0.717) is 12.6 Å². The van der Waals surface area contributed by atoms with Crippen LogP contribution < -0.4 is 10.2 Å². The van der Waals surface area contributed by atoms with E-state index in [9.17, 15) is 5.11 Å². The predicted molar refractivity (Wildman–Crippen MR) is 61.5 cm³/mol. The summed E-state index contributed by atoms with van der Waals surface area (Å²) in [6.45, 7) is 1.56.